The molecular weight excluding hydrogens is 489 g/mol. The minimum Gasteiger partial charge on any atom is -0.493 e. The van der Waals surface area contributed by atoms with Gasteiger partial charge in [-0.1, -0.05) is 24.6 Å². The summed E-state index contributed by atoms with van der Waals surface area (Å²) >= 11 is 0. The maximum absolute atomic E-state index is 13.2. The number of rotatable bonds is 10. The Balaban J connectivity index is 1.22. The van der Waals surface area contributed by atoms with Crippen LogP contribution < -0.4 is 9.47 Å². The molecule has 0 N–H and O–H groups in total. The van der Waals surface area contributed by atoms with E-state index in [4.69, 9.17) is 14.0 Å². The maximum Gasteiger partial charge on any atom is 0.437 e. The molecule has 5 aromatic rings. The summed E-state index contributed by atoms with van der Waals surface area (Å²) in [5.41, 5.74) is 0.694. The second-order valence-electron chi connectivity index (χ2n) is 8.60. The van der Waals surface area contributed by atoms with Crippen LogP contribution in [0.15, 0.2) is 47.1 Å². The van der Waals surface area contributed by atoms with E-state index in [1.165, 1.54) is 6.07 Å². The number of aryl methyl sites for hydroxylation is 2. The van der Waals surface area contributed by atoms with E-state index >= 15 is 0 Å². The molecule has 0 aliphatic carbocycles. The highest BCUT2D eigenvalue weighted by Crippen LogP contribution is 2.38. The van der Waals surface area contributed by atoms with Crippen LogP contribution in [-0.4, -0.2) is 43.1 Å². The Bertz CT molecular complexity index is 1520. The smallest absolute Gasteiger partial charge is 0.437 e. The second-order valence-corrected chi connectivity index (χ2v) is 8.60. The summed E-state index contributed by atoms with van der Waals surface area (Å²) in [6, 6.07) is 10.7. The number of tetrazole rings is 1. The molecule has 0 saturated heterocycles. The zero-order chi connectivity index (χ0) is 26.0. The predicted molar refractivity (Wildman–Crippen MR) is 128 cm³/mol. The number of halogens is 3. The van der Waals surface area contributed by atoms with Crippen molar-refractivity contribution in [3.8, 4) is 11.5 Å². The molecule has 3 heterocycles. The molecule has 0 aliphatic rings. The number of ether oxygens (including phenoxy) is 2. The number of hydrogen-bond acceptors (Lipinski definition) is 7. The summed E-state index contributed by atoms with van der Waals surface area (Å²) in [5, 5.41) is 15.8. The summed E-state index contributed by atoms with van der Waals surface area (Å²) in [6.45, 7) is 3.21. The number of nitrogens with zero attached hydrogens (tertiary/aromatic N) is 6. The summed E-state index contributed by atoms with van der Waals surface area (Å²) in [6.07, 6.45) is -0.800. The minimum atomic E-state index is -4.58. The van der Waals surface area contributed by atoms with E-state index in [0.29, 0.717) is 43.9 Å². The maximum atomic E-state index is 13.2. The highest BCUT2D eigenvalue weighted by atomic mass is 19.4. The average molecular weight is 515 g/mol. The van der Waals surface area contributed by atoms with Crippen molar-refractivity contribution in [1.82, 2.24) is 29.9 Å². The number of aromatic nitrogens is 6. The molecule has 5 rings (SSSR count). The van der Waals surface area contributed by atoms with E-state index in [9.17, 15) is 13.2 Å². The Morgan fingerprint density at radius 3 is 2.54 bits per heavy atom. The standard InChI is InChI=1S/C25H25F3N6O3/c1-3-6-17-21(10-9-18-23(17)37-30-24(18)25(26,27)28)36-14-5-13-35-20-8-4-7-19-16(20)11-12-34(19)15-22-29-31-32-33(22)2/h4,7-12H,3,5-6,13-15H2,1-2H3. The van der Waals surface area contributed by atoms with Crippen LogP contribution in [0.25, 0.3) is 21.9 Å². The van der Waals surface area contributed by atoms with Gasteiger partial charge >= 0.3 is 6.18 Å². The van der Waals surface area contributed by atoms with Crippen LogP contribution >= 0.6 is 0 Å². The van der Waals surface area contributed by atoms with Gasteiger partial charge in [0.05, 0.1) is 30.7 Å². The molecule has 0 aliphatic heterocycles. The summed E-state index contributed by atoms with van der Waals surface area (Å²) < 4.78 is 60.4. The van der Waals surface area contributed by atoms with Gasteiger partial charge in [0.25, 0.3) is 0 Å². The zero-order valence-corrected chi connectivity index (χ0v) is 20.3. The third kappa shape index (κ3) is 4.95. The van der Waals surface area contributed by atoms with E-state index in [0.717, 1.165) is 28.9 Å². The first kappa shape index (κ1) is 24.6. The molecule has 9 nitrogen and oxygen atoms in total. The Hall–Kier alpha value is -4.09. The fourth-order valence-electron chi connectivity index (χ4n) is 4.28. The van der Waals surface area contributed by atoms with Crippen molar-refractivity contribution >= 4 is 21.9 Å². The third-order valence-corrected chi connectivity index (χ3v) is 6.07. The molecular formula is C25H25F3N6O3. The van der Waals surface area contributed by atoms with E-state index in [2.05, 4.69) is 25.2 Å². The van der Waals surface area contributed by atoms with Crippen LogP contribution in [0.3, 0.4) is 0 Å². The van der Waals surface area contributed by atoms with Gasteiger partial charge in [0.1, 0.15) is 11.5 Å². The van der Waals surface area contributed by atoms with Crippen molar-refractivity contribution < 1.29 is 27.2 Å². The van der Waals surface area contributed by atoms with E-state index in [-0.39, 0.29) is 11.0 Å². The second kappa shape index (κ2) is 10.1. The SMILES string of the molecule is CCCc1c(OCCCOc2cccc3c2ccn3Cc2nnnn2C)ccc2c(C(F)(F)F)noc12. The number of alkyl halides is 3. The van der Waals surface area contributed by atoms with Crippen molar-refractivity contribution in [2.45, 2.75) is 38.9 Å². The van der Waals surface area contributed by atoms with Gasteiger partial charge in [0, 0.05) is 30.6 Å². The topological polar surface area (TPSA) is 93.0 Å². The highest BCUT2D eigenvalue weighted by Gasteiger charge is 2.37. The van der Waals surface area contributed by atoms with Gasteiger partial charge in [-0.25, -0.2) is 4.68 Å². The van der Waals surface area contributed by atoms with Crippen molar-refractivity contribution in [2.24, 2.45) is 7.05 Å². The normalized spacial score (nSPS) is 12.0. The molecule has 0 saturated carbocycles. The van der Waals surface area contributed by atoms with Gasteiger partial charge in [-0.2, -0.15) is 13.2 Å². The number of fused-ring (bicyclic) bond motifs is 2. The lowest BCUT2D eigenvalue weighted by Crippen LogP contribution is -2.07. The van der Waals surface area contributed by atoms with Crippen LogP contribution in [0, 0.1) is 0 Å². The van der Waals surface area contributed by atoms with Crippen molar-refractivity contribution in [3.05, 3.63) is 59.7 Å². The lowest BCUT2D eigenvalue weighted by Gasteiger charge is -2.12. The number of hydrogen-bond donors (Lipinski definition) is 0. The van der Waals surface area contributed by atoms with Crippen molar-refractivity contribution in [3.63, 3.8) is 0 Å². The molecule has 12 heteroatoms. The van der Waals surface area contributed by atoms with Gasteiger partial charge < -0.3 is 18.6 Å². The average Bonchev–Trinajstić information content (AvgIpc) is 3.59. The van der Waals surface area contributed by atoms with Crippen molar-refractivity contribution in [1.29, 1.82) is 0 Å². The van der Waals surface area contributed by atoms with E-state index in [1.54, 1.807) is 17.8 Å². The lowest BCUT2D eigenvalue weighted by molar-refractivity contribution is -0.141. The zero-order valence-electron chi connectivity index (χ0n) is 20.3. The molecule has 37 heavy (non-hydrogen) atoms. The van der Waals surface area contributed by atoms with Crippen LogP contribution in [0.2, 0.25) is 0 Å². The summed E-state index contributed by atoms with van der Waals surface area (Å²) in [5.74, 6) is 1.99. The minimum absolute atomic E-state index is 0.0536. The molecule has 194 valence electrons. The van der Waals surface area contributed by atoms with Gasteiger partial charge in [-0.15, -0.1) is 5.10 Å². The fourth-order valence-corrected chi connectivity index (χ4v) is 4.28. The van der Waals surface area contributed by atoms with E-state index < -0.39 is 11.9 Å². The van der Waals surface area contributed by atoms with Crippen molar-refractivity contribution in [2.75, 3.05) is 13.2 Å². The summed E-state index contributed by atoms with van der Waals surface area (Å²) in [4.78, 5) is 0. The Morgan fingerprint density at radius 2 is 1.81 bits per heavy atom. The lowest BCUT2D eigenvalue weighted by atomic mass is 10.0. The molecule has 3 aromatic heterocycles. The molecule has 0 atom stereocenters. The molecule has 0 spiro atoms. The molecule has 0 fully saturated rings. The molecule has 2 aromatic carbocycles. The van der Waals surface area contributed by atoms with Crippen LogP contribution in [-0.2, 0) is 26.2 Å². The Morgan fingerprint density at radius 1 is 1.00 bits per heavy atom. The molecule has 0 bridgehead atoms. The predicted octanol–water partition coefficient (Wildman–Crippen LogP) is 5.17. The third-order valence-electron chi connectivity index (χ3n) is 6.07. The quantitative estimate of drug-likeness (QED) is 0.237. The van der Waals surface area contributed by atoms with Gasteiger partial charge in [-0.3, -0.25) is 0 Å². The first-order valence-corrected chi connectivity index (χ1v) is 11.9. The van der Waals surface area contributed by atoms with Gasteiger partial charge in [0.15, 0.2) is 17.1 Å². The Kier molecular flexibility index (Phi) is 6.72. The molecule has 0 amide bonds. The van der Waals surface area contributed by atoms with Gasteiger partial charge in [0.2, 0.25) is 0 Å². The first-order chi connectivity index (χ1) is 17.9. The van der Waals surface area contributed by atoms with Crippen LogP contribution in [0.4, 0.5) is 13.2 Å². The largest absolute Gasteiger partial charge is 0.493 e. The molecule has 0 radical (unpaired) electrons. The van der Waals surface area contributed by atoms with Gasteiger partial charge in [-0.05, 0) is 47.2 Å². The fraction of sp³-hybridized carbons (Fsp3) is 0.360. The molecule has 0 unspecified atom stereocenters. The Labute approximate surface area is 209 Å². The van der Waals surface area contributed by atoms with Crippen LogP contribution in [0.5, 0.6) is 11.5 Å². The number of benzene rings is 2. The monoisotopic (exact) mass is 514 g/mol. The van der Waals surface area contributed by atoms with E-state index in [1.807, 2.05) is 37.4 Å². The van der Waals surface area contributed by atoms with Crippen LogP contribution in [0.1, 0.15) is 36.8 Å². The first-order valence-electron chi connectivity index (χ1n) is 11.9. The summed E-state index contributed by atoms with van der Waals surface area (Å²) in [7, 11) is 1.80. The highest BCUT2D eigenvalue weighted by molar-refractivity contribution is 5.86.